The minimum absolute atomic E-state index is 0.0592. The molecule has 25 heavy (non-hydrogen) atoms. The predicted molar refractivity (Wildman–Crippen MR) is 98.3 cm³/mol. The third kappa shape index (κ3) is 5.06. The van der Waals surface area contributed by atoms with Crippen molar-refractivity contribution in [2.45, 2.75) is 32.2 Å². The molecule has 5 nitrogen and oxygen atoms in total. The number of aromatic nitrogens is 1. The number of hydrogen-bond donors (Lipinski definition) is 1. The van der Waals surface area contributed by atoms with Crippen LogP contribution in [0.2, 0.25) is 5.02 Å². The van der Waals surface area contributed by atoms with Gasteiger partial charge >= 0.3 is 0 Å². The van der Waals surface area contributed by atoms with E-state index in [0.29, 0.717) is 35.4 Å². The second-order valence-electron chi connectivity index (χ2n) is 6.74. The Morgan fingerprint density at radius 2 is 2.28 bits per heavy atom. The molecule has 2 aromatic rings. The van der Waals surface area contributed by atoms with Crippen LogP contribution in [0.25, 0.3) is 11.3 Å². The Kier molecular flexibility index (Phi) is 6.10. The summed E-state index contributed by atoms with van der Waals surface area (Å²) in [5, 5.41) is 7.58. The number of benzene rings is 1. The first-order valence-corrected chi connectivity index (χ1v) is 9.15. The fraction of sp³-hybridized carbons (Fsp3) is 0.474. The summed E-state index contributed by atoms with van der Waals surface area (Å²) in [4.78, 5) is 14.4. The van der Waals surface area contributed by atoms with Gasteiger partial charge in [-0.05, 0) is 44.8 Å². The van der Waals surface area contributed by atoms with Crippen LogP contribution in [0, 0.1) is 5.92 Å². The molecule has 1 aliphatic rings. The number of nitrogens with zero attached hydrogens (tertiary/aromatic N) is 2. The van der Waals surface area contributed by atoms with E-state index in [9.17, 15) is 4.79 Å². The van der Waals surface area contributed by atoms with Crippen molar-refractivity contribution in [3.8, 4) is 11.3 Å². The maximum Gasteiger partial charge on any atom is 0.220 e. The number of rotatable bonds is 6. The van der Waals surface area contributed by atoms with Crippen LogP contribution in [0.5, 0.6) is 0 Å². The van der Waals surface area contributed by atoms with E-state index in [1.807, 2.05) is 30.3 Å². The molecule has 0 unspecified atom stereocenters. The number of likely N-dealkylation sites (tertiary alicyclic amines) is 1. The topological polar surface area (TPSA) is 58.4 Å². The number of halogens is 1. The molecule has 1 aromatic heterocycles. The smallest absolute Gasteiger partial charge is 0.220 e. The maximum atomic E-state index is 12.1. The number of amides is 1. The fourth-order valence-corrected chi connectivity index (χ4v) is 3.54. The van der Waals surface area contributed by atoms with Gasteiger partial charge in [-0.15, -0.1) is 0 Å². The monoisotopic (exact) mass is 361 g/mol. The van der Waals surface area contributed by atoms with Crippen molar-refractivity contribution in [2.24, 2.45) is 5.92 Å². The Bertz CT molecular complexity index is 716. The molecule has 134 valence electrons. The molecule has 1 atom stereocenters. The first-order valence-electron chi connectivity index (χ1n) is 8.77. The molecule has 6 heteroatoms. The average Bonchev–Trinajstić information content (AvgIpc) is 3.07. The van der Waals surface area contributed by atoms with Gasteiger partial charge < -0.3 is 14.7 Å². The molecule has 1 aliphatic heterocycles. The number of piperidine rings is 1. The Hall–Kier alpha value is -1.85. The normalized spacial score (nSPS) is 18.2. The SMILES string of the molecule is CN1CCC[C@@H](CCC(=O)NCc2cc(-c3ccccc3Cl)no2)C1. The van der Waals surface area contributed by atoms with Gasteiger partial charge in [-0.3, -0.25) is 4.79 Å². The van der Waals surface area contributed by atoms with E-state index in [1.54, 1.807) is 0 Å². The van der Waals surface area contributed by atoms with E-state index in [-0.39, 0.29) is 5.91 Å². The van der Waals surface area contributed by atoms with Gasteiger partial charge in [0, 0.05) is 24.6 Å². The molecule has 0 radical (unpaired) electrons. The lowest BCUT2D eigenvalue weighted by Crippen LogP contribution is -2.33. The first kappa shape index (κ1) is 18.0. The van der Waals surface area contributed by atoms with Crippen LogP contribution in [0.4, 0.5) is 0 Å². The van der Waals surface area contributed by atoms with Crippen LogP contribution < -0.4 is 5.32 Å². The number of nitrogens with one attached hydrogen (secondary N) is 1. The molecule has 0 bridgehead atoms. The van der Waals surface area contributed by atoms with Gasteiger partial charge in [0.1, 0.15) is 5.69 Å². The largest absolute Gasteiger partial charge is 0.359 e. The molecule has 3 rings (SSSR count). The highest BCUT2D eigenvalue weighted by Crippen LogP contribution is 2.27. The molecular weight excluding hydrogens is 338 g/mol. The van der Waals surface area contributed by atoms with Crippen molar-refractivity contribution >= 4 is 17.5 Å². The Balaban J connectivity index is 1.46. The molecule has 1 aromatic carbocycles. The minimum Gasteiger partial charge on any atom is -0.359 e. The third-order valence-corrected chi connectivity index (χ3v) is 5.00. The zero-order valence-electron chi connectivity index (χ0n) is 14.5. The third-order valence-electron chi connectivity index (χ3n) is 4.67. The molecular formula is C19H24ClN3O2. The van der Waals surface area contributed by atoms with Crippen LogP contribution in [-0.4, -0.2) is 36.1 Å². The van der Waals surface area contributed by atoms with Gasteiger partial charge in [0.15, 0.2) is 5.76 Å². The quantitative estimate of drug-likeness (QED) is 0.851. The van der Waals surface area contributed by atoms with E-state index >= 15 is 0 Å². The van der Waals surface area contributed by atoms with Crippen molar-refractivity contribution in [3.63, 3.8) is 0 Å². The van der Waals surface area contributed by atoms with Gasteiger partial charge in [0.25, 0.3) is 0 Å². The summed E-state index contributed by atoms with van der Waals surface area (Å²) >= 11 is 6.17. The second-order valence-corrected chi connectivity index (χ2v) is 7.15. The molecule has 1 amide bonds. The highest BCUT2D eigenvalue weighted by molar-refractivity contribution is 6.33. The number of hydrogen-bond acceptors (Lipinski definition) is 4. The van der Waals surface area contributed by atoms with E-state index in [4.69, 9.17) is 16.1 Å². The zero-order chi connectivity index (χ0) is 17.6. The summed E-state index contributed by atoms with van der Waals surface area (Å²) < 4.78 is 5.30. The first-order chi connectivity index (χ1) is 12.1. The van der Waals surface area contributed by atoms with Crippen LogP contribution in [0.15, 0.2) is 34.9 Å². The van der Waals surface area contributed by atoms with E-state index in [2.05, 4.69) is 22.4 Å². The summed E-state index contributed by atoms with van der Waals surface area (Å²) in [6.07, 6.45) is 3.95. The minimum atomic E-state index is 0.0592. The van der Waals surface area contributed by atoms with Crippen molar-refractivity contribution in [1.82, 2.24) is 15.4 Å². The van der Waals surface area contributed by atoms with E-state index in [0.717, 1.165) is 18.5 Å². The van der Waals surface area contributed by atoms with E-state index in [1.165, 1.54) is 19.4 Å². The molecule has 1 fully saturated rings. The molecule has 0 saturated carbocycles. The number of carbonyl (C=O) groups is 1. The standard InChI is InChI=1S/C19H24ClN3O2/c1-23-10-4-5-14(13-23)8-9-19(24)21-12-15-11-18(22-25-15)16-6-2-3-7-17(16)20/h2-3,6-7,11,14H,4-5,8-10,12-13H2,1H3,(H,21,24)/t14-/m0/s1. The lowest BCUT2D eigenvalue weighted by molar-refractivity contribution is -0.121. The number of carbonyl (C=O) groups excluding carboxylic acids is 1. The van der Waals surface area contributed by atoms with Gasteiger partial charge in [-0.25, -0.2) is 0 Å². The molecule has 0 aliphatic carbocycles. The molecule has 1 N–H and O–H groups in total. The van der Waals surface area contributed by atoms with Crippen LogP contribution in [-0.2, 0) is 11.3 Å². The fourth-order valence-electron chi connectivity index (χ4n) is 3.31. The predicted octanol–water partition coefficient (Wildman–Crippen LogP) is 3.73. The summed E-state index contributed by atoms with van der Waals surface area (Å²) in [7, 11) is 2.15. The second kappa shape index (κ2) is 8.50. The van der Waals surface area contributed by atoms with E-state index < -0.39 is 0 Å². The summed E-state index contributed by atoms with van der Waals surface area (Å²) in [5.41, 5.74) is 1.51. The molecule has 2 heterocycles. The Morgan fingerprint density at radius 1 is 1.44 bits per heavy atom. The van der Waals surface area contributed by atoms with Gasteiger partial charge in [-0.1, -0.05) is 35.0 Å². The lowest BCUT2D eigenvalue weighted by atomic mass is 9.93. The summed E-state index contributed by atoms with van der Waals surface area (Å²) in [6.45, 7) is 2.61. The Morgan fingerprint density at radius 3 is 3.08 bits per heavy atom. The lowest BCUT2D eigenvalue weighted by Gasteiger charge is -2.29. The highest BCUT2D eigenvalue weighted by Gasteiger charge is 2.18. The molecule has 1 saturated heterocycles. The zero-order valence-corrected chi connectivity index (χ0v) is 15.3. The van der Waals surface area contributed by atoms with Gasteiger partial charge in [0.05, 0.1) is 11.6 Å². The van der Waals surface area contributed by atoms with Crippen LogP contribution in [0.1, 0.15) is 31.4 Å². The molecule has 0 spiro atoms. The van der Waals surface area contributed by atoms with Crippen molar-refractivity contribution in [1.29, 1.82) is 0 Å². The highest BCUT2D eigenvalue weighted by atomic mass is 35.5. The summed E-state index contributed by atoms with van der Waals surface area (Å²) in [6, 6.07) is 9.30. The van der Waals surface area contributed by atoms with Crippen molar-refractivity contribution < 1.29 is 9.32 Å². The Labute approximate surface area is 153 Å². The van der Waals surface area contributed by atoms with Crippen molar-refractivity contribution in [2.75, 3.05) is 20.1 Å². The van der Waals surface area contributed by atoms with Crippen molar-refractivity contribution in [3.05, 3.63) is 41.1 Å². The van der Waals surface area contributed by atoms with Crippen LogP contribution in [0.3, 0.4) is 0 Å². The maximum absolute atomic E-state index is 12.1. The van der Waals surface area contributed by atoms with Gasteiger partial charge in [-0.2, -0.15) is 0 Å². The van der Waals surface area contributed by atoms with Gasteiger partial charge in [0.2, 0.25) is 5.91 Å². The van der Waals surface area contributed by atoms with Crippen LogP contribution >= 0.6 is 11.6 Å². The summed E-state index contributed by atoms with van der Waals surface area (Å²) in [5.74, 6) is 1.31. The average molecular weight is 362 g/mol.